The summed E-state index contributed by atoms with van der Waals surface area (Å²) in [5.74, 6) is -1.49. The van der Waals surface area contributed by atoms with Gasteiger partial charge in [0.05, 0.1) is 11.1 Å². The molecule has 5 nitrogen and oxygen atoms in total. The summed E-state index contributed by atoms with van der Waals surface area (Å²) in [4.78, 5) is 50.0. The van der Waals surface area contributed by atoms with Gasteiger partial charge in [-0.05, 0) is 31.5 Å². The minimum absolute atomic E-state index is 0.122. The van der Waals surface area contributed by atoms with Crippen LogP contribution in [-0.2, 0) is 6.42 Å². The Morgan fingerprint density at radius 1 is 0.920 bits per heavy atom. The molecular weight excluding hydrogens is 318 g/mol. The molecule has 3 rings (SSSR count). The number of hydrogen-bond donors (Lipinski definition) is 0. The molecule has 0 fully saturated rings. The molecule has 0 saturated carbocycles. The van der Waals surface area contributed by atoms with Gasteiger partial charge in [0.25, 0.3) is 11.8 Å². The molecule has 0 bridgehead atoms. The quantitative estimate of drug-likeness (QED) is 0.636. The summed E-state index contributed by atoms with van der Waals surface area (Å²) in [6.45, 7) is 3.30. The number of benzene rings is 2. The second kappa shape index (κ2) is 6.09. The predicted octanol–water partition coefficient (Wildman–Crippen LogP) is 2.85. The number of rotatable bonds is 4. The molecule has 2 aromatic rings. The Morgan fingerprint density at radius 3 is 1.96 bits per heavy atom. The Kier molecular flexibility index (Phi) is 4.08. The van der Waals surface area contributed by atoms with Gasteiger partial charge in [0.15, 0.2) is 11.6 Å². The van der Waals surface area contributed by atoms with Crippen LogP contribution in [0.5, 0.6) is 0 Å². The Bertz CT molecular complexity index is 925. The maximum atomic E-state index is 12.7. The summed E-state index contributed by atoms with van der Waals surface area (Å²) >= 11 is 0. The van der Waals surface area contributed by atoms with Gasteiger partial charge in [-0.3, -0.25) is 24.1 Å². The van der Waals surface area contributed by atoms with Crippen molar-refractivity contribution >= 4 is 23.4 Å². The lowest BCUT2D eigenvalue weighted by atomic mass is 9.92. The summed E-state index contributed by atoms with van der Waals surface area (Å²) < 4.78 is 0. The van der Waals surface area contributed by atoms with Crippen LogP contribution in [0, 0.1) is 6.92 Å². The maximum absolute atomic E-state index is 12.7. The molecule has 5 heteroatoms. The molecule has 126 valence electrons. The summed E-state index contributed by atoms with van der Waals surface area (Å²) in [6.07, 6.45) is 0.122. The SMILES string of the molecule is CC(=O)c1cc2c(cc1C(=O)Cc1ccc(C)cc1)C(=O)N(C)C2=O. The van der Waals surface area contributed by atoms with Gasteiger partial charge in [-0.2, -0.15) is 0 Å². The molecule has 0 spiro atoms. The van der Waals surface area contributed by atoms with E-state index in [2.05, 4.69) is 0 Å². The maximum Gasteiger partial charge on any atom is 0.261 e. The second-order valence-electron chi connectivity index (χ2n) is 6.25. The van der Waals surface area contributed by atoms with Crippen LogP contribution in [0.15, 0.2) is 36.4 Å². The third kappa shape index (κ3) is 2.89. The molecule has 0 saturated heterocycles. The largest absolute Gasteiger partial charge is 0.294 e. The number of carbonyl (C=O) groups excluding carboxylic acids is 4. The molecule has 0 aromatic heterocycles. The lowest BCUT2D eigenvalue weighted by molar-refractivity contribution is 0.0692. The molecule has 0 N–H and O–H groups in total. The van der Waals surface area contributed by atoms with E-state index in [-0.39, 0.29) is 40.2 Å². The first kappa shape index (κ1) is 16.8. The first-order valence-corrected chi connectivity index (χ1v) is 7.89. The Hall–Kier alpha value is -3.08. The summed E-state index contributed by atoms with van der Waals surface area (Å²) in [6, 6.07) is 10.3. The van der Waals surface area contributed by atoms with Crippen LogP contribution in [0.3, 0.4) is 0 Å². The normalized spacial score (nSPS) is 13.2. The van der Waals surface area contributed by atoms with Crippen molar-refractivity contribution in [2.45, 2.75) is 20.3 Å². The highest BCUT2D eigenvalue weighted by atomic mass is 16.2. The molecule has 1 aliphatic rings. The lowest BCUT2D eigenvalue weighted by Gasteiger charge is -2.09. The van der Waals surface area contributed by atoms with Crippen LogP contribution in [0.1, 0.15) is 59.5 Å². The van der Waals surface area contributed by atoms with Gasteiger partial charge in [-0.15, -0.1) is 0 Å². The van der Waals surface area contributed by atoms with Crippen molar-refractivity contribution in [1.82, 2.24) is 4.90 Å². The van der Waals surface area contributed by atoms with E-state index in [4.69, 9.17) is 0 Å². The lowest BCUT2D eigenvalue weighted by Crippen LogP contribution is -2.24. The molecule has 1 aliphatic heterocycles. The van der Waals surface area contributed by atoms with Gasteiger partial charge in [-0.25, -0.2) is 0 Å². The van der Waals surface area contributed by atoms with Gasteiger partial charge in [0, 0.05) is 24.6 Å². The van der Waals surface area contributed by atoms with Crippen LogP contribution in [0.4, 0.5) is 0 Å². The molecule has 0 atom stereocenters. The zero-order valence-electron chi connectivity index (χ0n) is 14.3. The first-order chi connectivity index (χ1) is 11.8. The first-order valence-electron chi connectivity index (χ1n) is 7.89. The molecule has 1 heterocycles. The van der Waals surface area contributed by atoms with Crippen LogP contribution in [-0.4, -0.2) is 35.3 Å². The number of imide groups is 1. The van der Waals surface area contributed by atoms with Crippen molar-refractivity contribution in [2.24, 2.45) is 0 Å². The van der Waals surface area contributed by atoms with Crippen LogP contribution < -0.4 is 0 Å². The number of Topliss-reactive ketones (excluding diaryl/α,β-unsaturated/α-hetero) is 2. The fraction of sp³-hybridized carbons (Fsp3) is 0.200. The number of fused-ring (bicyclic) bond motifs is 1. The van der Waals surface area contributed by atoms with Crippen molar-refractivity contribution in [3.63, 3.8) is 0 Å². The Balaban J connectivity index is 2.05. The monoisotopic (exact) mass is 335 g/mol. The van der Waals surface area contributed by atoms with Crippen molar-refractivity contribution in [2.75, 3.05) is 7.05 Å². The second-order valence-corrected chi connectivity index (χ2v) is 6.25. The average molecular weight is 335 g/mol. The number of amides is 2. The van der Waals surface area contributed by atoms with Crippen molar-refractivity contribution < 1.29 is 19.2 Å². The van der Waals surface area contributed by atoms with E-state index in [0.29, 0.717) is 0 Å². The number of ketones is 2. The Labute approximate surface area is 145 Å². The van der Waals surface area contributed by atoms with Gasteiger partial charge in [0.2, 0.25) is 0 Å². The molecular formula is C20H17NO4. The zero-order valence-corrected chi connectivity index (χ0v) is 14.3. The average Bonchev–Trinajstić information content (AvgIpc) is 2.80. The smallest absolute Gasteiger partial charge is 0.261 e. The van der Waals surface area contributed by atoms with E-state index in [0.717, 1.165) is 16.0 Å². The number of carbonyl (C=O) groups is 4. The van der Waals surface area contributed by atoms with E-state index in [1.807, 2.05) is 31.2 Å². The number of aryl methyl sites for hydroxylation is 1. The standard InChI is InChI=1S/C20H17NO4/c1-11-4-6-13(7-5-11)8-18(23)15-10-17-16(9-14(15)12(2)22)19(24)21(3)20(17)25/h4-7,9-10H,8H2,1-3H3. The van der Waals surface area contributed by atoms with Gasteiger partial charge in [0.1, 0.15) is 0 Å². The van der Waals surface area contributed by atoms with Crippen molar-refractivity contribution in [3.8, 4) is 0 Å². The minimum atomic E-state index is -0.459. The summed E-state index contributed by atoms with van der Waals surface area (Å²) in [5.41, 5.74) is 2.61. The highest BCUT2D eigenvalue weighted by Gasteiger charge is 2.35. The molecule has 2 aromatic carbocycles. The Morgan fingerprint density at radius 2 is 1.44 bits per heavy atom. The number of hydrogen-bond acceptors (Lipinski definition) is 4. The van der Waals surface area contributed by atoms with E-state index >= 15 is 0 Å². The van der Waals surface area contributed by atoms with E-state index < -0.39 is 11.8 Å². The van der Waals surface area contributed by atoms with E-state index in [9.17, 15) is 19.2 Å². The summed E-state index contributed by atoms with van der Waals surface area (Å²) in [5, 5.41) is 0. The van der Waals surface area contributed by atoms with Crippen LogP contribution >= 0.6 is 0 Å². The topological polar surface area (TPSA) is 71.5 Å². The minimum Gasteiger partial charge on any atom is -0.294 e. The van der Waals surface area contributed by atoms with Gasteiger partial charge in [-0.1, -0.05) is 29.8 Å². The highest BCUT2D eigenvalue weighted by Crippen LogP contribution is 2.27. The molecule has 25 heavy (non-hydrogen) atoms. The number of nitrogens with zero attached hydrogens (tertiary/aromatic N) is 1. The fourth-order valence-electron chi connectivity index (χ4n) is 2.92. The van der Waals surface area contributed by atoms with Gasteiger partial charge >= 0.3 is 0 Å². The highest BCUT2D eigenvalue weighted by molar-refractivity contribution is 6.23. The third-order valence-electron chi connectivity index (χ3n) is 4.39. The molecule has 0 aliphatic carbocycles. The van der Waals surface area contributed by atoms with Crippen molar-refractivity contribution in [1.29, 1.82) is 0 Å². The molecule has 2 amide bonds. The zero-order chi connectivity index (χ0) is 18.3. The van der Waals surface area contributed by atoms with Crippen LogP contribution in [0.2, 0.25) is 0 Å². The van der Waals surface area contributed by atoms with E-state index in [1.54, 1.807) is 0 Å². The molecule has 0 unspecified atom stereocenters. The third-order valence-corrected chi connectivity index (χ3v) is 4.39. The van der Waals surface area contributed by atoms with E-state index in [1.165, 1.54) is 26.1 Å². The molecule has 0 radical (unpaired) electrons. The predicted molar refractivity (Wildman–Crippen MR) is 92.1 cm³/mol. The van der Waals surface area contributed by atoms with Crippen molar-refractivity contribution in [3.05, 3.63) is 69.8 Å². The van der Waals surface area contributed by atoms with Gasteiger partial charge < -0.3 is 0 Å². The fourth-order valence-corrected chi connectivity index (χ4v) is 2.92. The summed E-state index contributed by atoms with van der Waals surface area (Å²) in [7, 11) is 1.38. The van der Waals surface area contributed by atoms with Crippen LogP contribution in [0.25, 0.3) is 0 Å².